The molecule has 1 N–H and O–H groups in total. The summed E-state index contributed by atoms with van der Waals surface area (Å²) in [6, 6.07) is 3.90. The molecule has 164 valence electrons. The lowest BCUT2D eigenvalue weighted by atomic mass is 10.0. The van der Waals surface area contributed by atoms with Gasteiger partial charge in [0, 0.05) is 50.3 Å². The van der Waals surface area contributed by atoms with Crippen LogP contribution in [0.2, 0.25) is 0 Å². The van der Waals surface area contributed by atoms with E-state index in [0.29, 0.717) is 44.8 Å². The molecule has 1 aromatic rings. The zero-order valence-electron chi connectivity index (χ0n) is 16.7. The Balaban J connectivity index is 1.52. The van der Waals surface area contributed by atoms with Crippen molar-refractivity contribution >= 4 is 27.3 Å². The highest BCUT2D eigenvalue weighted by atomic mass is 32.2. The van der Waals surface area contributed by atoms with E-state index in [1.165, 1.54) is 16.4 Å². The monoisotopic (exact) mass is 438 g/mol. The second-order valence-electron chi connectivity index (χ2n) is 7.97. The van der Waals surface area contributed by atoms with Gasteiger partial charge in [-0.25, -0.2) is 8.42 Å². The van der Waals surface area contributed by atoms with Crippen LogP contribution in [0.1, 0.15) is 25.7 Å². The topological polar surface area (TPSA) is 122 Å². The first kappa shape index (κ1) is 21.0. The van der Waals surface area contributed by atoms with Crippen LogP contribution in [0, 0.1) is 16.0 Å². The molecule has 0 aromatic heterocycles. The molecule has 3 fully saturated rings. The molecule has 1 saturated carbocycles. The maximum atomic E-state index is 13.2. The number of carbonyl (C=O) groups is 1. The van der Waals surface area contributed by atoms with Crippen LogP contribution >= 0.6 is 0 Å². The Bertz CT molecular complexity index is 919. The van der Waals surface area contributed by atoms with Crippen LogP contribution in [0.5, 0.6) is 0 Å². The molecule has 2 aliphatic heterocycles. The van der Waals surface area contributed by atoms with Crippen molar-refractivity contribution in [3.63, 3.8) is 0 Å². The highest BCUT2D eigenvalue weighted by Crippen LogP contribution is 2.33. The molecule has 0 atom stereocenters. The Morgan fingerprint density at radius 1 is 1.10 bits per heavy atom. The van der Waals surface area contributed by atoms with E-state index < -0.39 is 14.9 Å². The molecule has 11 heteroatoms. The van der Waals surface area contributed by atoms with Gasteiger partial charge in [0.05, 0.1) is 23.8 Å². The van der Waals surface area contributed by atoms with Crippen LogP contribution in [-0.4, -0.2) is 73.9 Å². The number of rotatable bonds is 6. The highest BCUT2D eigenvalue weighted by Gasteiger charge is 2.35. The minimum Gasteiger partial charge on any atom is -0.381 e. The van der Waals surface area contributed by atoms with Crippen molar-refractivity contribution in [3.05, 3.63) is 28.3 Å². The van der Waals surface area contributed by atoms with Gasteiger partial charge in [-0.2, -0.15) is 4.31 Å². The van der Waals surface area contributed by atoms with E-state index in [4.69, 9.17) is 4.74 Å². The van der Waals surface area contributed by atoms with Gasteiger partial charge in [0.1, 0.15) is 4.90 Å². The summed E-state index contributed by atoms with van der Waals surface area (Å²) in [5.74, 6) is 0.411. The van der Waals surface area contributed by atoms with E-state index in [1.54, 1.807) is 0 Å². The van der Waals surface area contributed by atoms with Crippen LogP contribution in [-0.2, 0) is 19.6 Å². The first-order valence-electron chi connectivity index (χ1n) is 10.3. The Hall–Kier alpha value is -2.24. The quantitative estimate of drug-likeness (QED) is 0.526. The third-order valence-corrected chi connectivity index (χ3v) is 7.80. The number of nitrogens with zero attached hydrogens (tertiary/aromatic N) is 3. The molecule has 0 spiro atoms. The fraction of sp³-hybridized carbons (Fsp3) is 0.632. The van der Waals surface area contributed by atoms with Gasteiger partial charge in [0.25, 0.3) is 5.69 Å². The van der Waals surface area contributed by atoms with E-state index in [-0.39, 0.29) is 41.5 Å². The van der Waals surface area contributed by atoms with Crippen molar-refractivity contribution in [1.82, 2.24) is 9.21 Å². The zero-order valence-corrected chi connectivity index (χ0v) is 17.5. The molecule has 2 saturated heterocycles. The minimum absolute atomic E-state index is 0.00616. The molecule has 3 aliphatic rings. The predicted octanol–water partition coefficient (Wildman–Crippen LogP) is 1.43. The van der Waals surface area contributed by atoms with Crippen molar-refractivity contribution in [2.75, 3.05) is 44.7 Å². The van der Waals surface area contributed by atoms with Gasteiger partial charge < -0.3 is 15.0 Å². The summed E-state index contributed by atoms with van der Waals surface area (Å²) in [5, 5.41) is 14.5. The zero-order chi connectivity index (χ0) is 21.3. The number of morpholine rings is 1. The number of benzene rings is 1. The summed E-state index contributed by atoms with van der Waals surface area (Å²) in [4.78, 5) is 24.7. The number of non-ortho nitro benzene ring substituents is 1. The van der Waals surface area contributed by atoms with E-state index in [2.05, 4.69) is 5.32 Å². The molecule has 4 rings (SSSR count). The normalized spacial score (nSPS) is 21.4. The highest BCUT2D eigenvalue weighted by molar-refractivity contribution is 7.89. The Labute approximate surface area is 175 Å². The van der Waals surface area contributed by atoms with Gasteiger partial charge in [-0.1, -0.05) is 0 Å². The maximum Gasteiger partial charge on any atom is 0.270 e. The molecular formula is C19H26N4O6S. The van der Waals surface area contributed by atoms with E-state index >= 15 is 0 Å². The first-order chi connectivity index (χ1) is 14.4. The number of nitrogens with one attached hydrogen (secondary N) is 1. The SMILES string of the molecule is O=C(C1CC1)N1CCC(Nc2ccc([N+](=O)[O-])cc2S(=O)(=O)N2CCOCC2)CC1. The number of anilines is 1. The maximum absolute atomic E-state index is 13.2. The summed E-state index contributed by atoms with van der Waals surface area (Å²) < 4.78 is 32.9. The third-order valence-electron chi connectivity index (χ3n) is 5.86. The van der Waals surface area contributed by atoms with Crippen molar-refractivity contribution in [3.8, 4) is 0 Å². The largest absolute Gasteiger partial charge is 0.381 e. The first-order valence-corrected chi connectivity index (χ1v) is 11.7. The van der Waals surface area contributed by atoms with Gasteiger partial charge in [0.15, 0.2) is 0 Å². The lowest BCUT2D eigenvalue weighted by Crippen LogP contribution is -2.43. The lowest BCUT2D eigenvalue weighted by molar-refractivity contribution is -0.385. The number of likely N-dealkylation sites (tertiary alicyclic amines) is 1. The van der Waals surface area contributed by atoms with E-state index in [1.807, 2.05) is 4.90 Å². The number of ether oxygens (including phenoxy) is 1. The summed E-state index contributed by atoms with van der Waals surface area (Å²) in [6.45, 7) is 2.28. The summed E-state index contributed by atoms with van der Waals surface area (Å²) in [5.41, 5.74) is 0.0938. The Kier molecular flexibility index (Phi) is 5.94. The molecule has 1 aromatic carbocycles. The number of piperidine rings is 1. The number of hydrogen-bond donors (Lipinski definition) is 1. The molecule has 1 amide bonds. The summed E-state index contributed by atoms with van der Waals surface area (Å²) >= 11 is 0. The lowest BCUT2D eigenvalue weighted by Gasteiger charge is -2.33. The Morgan fingerprint density at radius 2 is 1.77 bits per heavy atom. The number of carbonyl (C=O) groups excluding carboxylic acids is 1. The van der Waals surface area contributed by atoms with Crippen molar-refractivity contribution in [1.29, 1.82) is 0 Å². The molecule has 1 aliphatic carbocycles. The van der Waals surface area contributed by atoms with E-state index in [9.17, 15) is 23.3 Å². The van der Waals surface area contributed by atoms with Crippen molar-refractivity contribution in [2.24, 2.45) is 5.92 Å². The molecule has 0 unspecified atom stereocenters. The fourth-order valence-electron chi connectivity index (χ4n) is 3.94. The number of amides is 1. The van der Waals surface area contributed by atoms with Gasteiger partial charge >= 0.3 is 0 Å². The van der Waals surface area contributed by atoms with E-state index in [0.717, 1.165) is 18.9 Å². The number of nitro benzene ring substituents is 1. The second kappa shape index (κ2) is 8.48. The fourth-order valence-corrected chi connectivity index (χ4v) is 5.52. The van der Waals surface area contributed by atoms with Crippen LogP contribution in [0.4, 0.5) is 11.4 Å². The third kappa shape index (κ3) is 4.42. The standard InChI is InChI=1S/C19H26N4O6S/c24-19(14-1-2-14)21-7-5-15(6-8-21)20-17-4-3-16(23(25)26)13-18(17)30(27,28)22-9-11-29-12-10-22/h3-4,13-15,20H,1-2,5-12H2. The van der Waals surface area contributed by atoms with Crippen molar-refractivity contribution in [2.45, 2.75) is 36.6 Å². The molecule has 2 heterocycles. The average molecular weight is 439 g/mol. The van der Waals surface area contributed by atoms with Crippen LogP contribution in [0.25, 0.3) is 0 Å². The number of nitro groups is 1. The minimum atomic E-state index is -3.90. The summed E-state index contributed by atoms with van der Waals surface area (Å²) in [6.07, 6.45) is 3.35. The van der Waals surface area contributed by atoms with Crippen LogP contribution in [0.3, 0.4) is 0 Å². The summed E-state index contributed by atoms with van der Waals surface area (Å²) in [7, 11) is -3.90. The molecule has 30 heavy (non-hydrogen) atoms. The number of hydrogen-bond acceptors (Lipinski definition) is 7. The van der Waals surface area contributed by atoms with Crippen LogP contribution < -0.4 is 5.32 Å². The average Bonchev–Trinajstić information content (AvgIpc) is 3.60. The Morgan fingerprint density at radius 3 is 2.37 bits per heavy atom. The van der Waals surface area contributed by atoms with Gasteiger partial charge in [-0.3, -0.25) is 14.9 Å². The molecular weight excluding hydrogens is 412 g/mol. The van der Waals surface area contributed by atoms with Gasteiger partial charge in [-0.15, -0.1) is 0 Å². The van der Waals surface area contributed by atoms with Gasteiger partial charge in [0.2, 0.25) is 15.9 Å². The second-order valence-corrected chi connectivity index (χ2v) is 9.88. The number of sulfonamides is 1. The smallest absolute Gasteiger partial charge is 0.270 e. The molecule has 0 radical (unpaired) electrons. The molecule has 0 bridgehead atoms. The molecule has 10 nitrogen and oxygen atoms in total. The predicted molar refractivity (Wildman–Crippen MR) is 109 cm³/mol. The van der Waals surface area contributed by atoms with Crippen LogP contribution in [0.15, 0.2) is 23.1 Å². The van der Waals surface area contributed by atoms with Crippen molar-refractivity contribution < 1.29 is 22.9 Å². The van der Waals surface area contributed by atoms with Gasteiger partial charge in [-0.05, 0) is 31.7 Å².